The Kier molecular flexibility index (Phi) is 6.55. The second kappa shape index (κ2) is 8.12. The molecule has 11 heteroatoms. The lowest BCUT2D eigenvalue weighted by molar-refractivity contribution is -0.142. The van der Waals surface area contributed by atoms with E-state index in [2.05, 4.69) is 10.7 Å². The van der Waals surface area contributed by atoms with Crippen LogP contribution in [0.25, 0.3) is 0 Å². The average molecular weight is 431 g/mol. The van der Waals surface area contributed by atoms with Crippen LogP contribution in [0, 0.1) is 0 Å². The molecule has 2 unspecified atom stereocenters. The van der Waals surface area contributed by atoms with Gasteiger partial charge in [-0.15, -0.1) is 11.6 Å². The summed E-state index contributed by atoms with van der Waals surface area (Å²) in [6, 6.07) is 1.94. The molecule has 1 aromatic rings. The van der Waals surface area contributed by atoms with Crippen LogP contribution in [0.2, 0.25) is 10.0 Å². The number of anilines is 1. The highest BCUT2D eigenvalue weighted by molar-refractivity contribution is 6.37. The summed E-state index contributed by atoms with van der Waals surface area (Å²) < 4.78 is 31.1. The summed E-state index contributed by atoms with van der Waals surface area (Å²) in [6.07, 6.45) is -2.86. The van der Waals surface area contributed by atoms with Gasteiger partial charge in [-0.1, -0.05) is 23.2 Å². The van der Waals surface area contributed by atoms with Gasteiger partial charge in [0.15, 0.2) is 5.66 Å². The zero-order valence-corrected chi connectivity index (χ0v) is 16.1. The molecule has 2 N–H and O–H groups in total. The number of esters is 1. The Morgan fingerprint density at radius 3 is 2.54 bits per heavy atom. The van der Waals surface area contributed by atoms with Crippen molar-refractivity contribution in [2.75, 3.05) is 11.6 Å². The average Bonchev–Trinajstić information content (AvgIpc) is 2.86. The van der Waals surface area contributed by atoms with Gasteiger partial charge in [0.05, 0.1) is 17.3 Å². The molecule has 144 valence electrons. The van der Waals surface area contributed by atoms with Crippen molar-refractivity contribution in [3.05, 3.63) is 27.7 Å². The van der Waals surface area contributed by atoms with Crippen molar-refractivity contribution in [1.29, 1.82) is 0 Å². The zero-order valence-electron chi connectivity index (χ0n) is 13.8. The number of amides is 2. The number of hydrazine groups is 1. The van der Waals surface area contributed by atoms with Crippen LogP contribution in [-0.2, 0) is 16.0 Å². The molecule has 6 nitrogen and oxygen atoms in total. The van der Waals surface area contributed by atoms with Crippen LogP contribution in [0.1, 0.15) is 19.4 Å². The van der Waals surface area contributed by atoms with Gasteiger partial charge in [-0.3, -0.25) is 4.79 Å². The number of rotatable bonds is 6. The summed E-state index contributed by atoms with van der Waals surface area (Å²) in [7, 11) is 0. The molecular weight excluding hydrogens is 415 g/mol. The summed E-state index contributed by atoms with van der Waals surface area (Å²) in [5, 5.41) is 2.28. The smallest absolute Gasteiger partial charge is 0.338 e. The number of benzene rings is 1. The zero-order chi connectivity index (χ0) is 19.6. The first-order valence-electron chi connectivity index (χ1n) is 7.56. The van der Waals surface area contributed by atoms with Gasteiger partial charge in [0, 0.05) is 11.4 Å². The molecule has 0 radical (unpaired) electrons. The first kappa shape index (κ1) is 21.0. The Bertz CT molecular complexity index is 723. The number of nitrogens with zero attached hydrogens (tertiary/aromatic N) is 1. The number of nitrogens with one attached hydrogen (secondary N) is 2. The van der Waals surface area contributed by atoms with E-state index in [9.17, 15) is 18.4 Å². The minimum atomic E-state index is -2.86. The van der Waals surface area contributed by atoms with E-state index >= 15 is 0 Å². The summed E-state index contributed by atoms with van der Waals surface area (Å²) in [5.41, 5.74) is 0.943. The Hall–Kier alpha value is -1.35. The van der Waals surface area contributed by atoms with Gasteiger partial charge < -0.3 is 10.1 Å². The molecule has 26 heavy (non-hydrogen) atoms. The fourth-order valence-corrected chi connectivity index (χ4v) is 3.05. The molecule has 1 aliphatic heterocycles. The van der Waals surface area contributed by atoms with Crippen LogP contribution >= 0.6 is 34.8 Å². The SMILES string of the molecule is CCOC(=O)C(Cl)Cc1cc(N2NC(C)(C(F)F)NC2=O)c(Cl)cc1Cl. The lowest BCUT2D eigenvalue weighted by Gasteiger charge is -2.24. The number of halogens is 5. The standard InChI is InChI=1S/C15H16Cl3F2N3O3/c1-3-26-12(24)10(18)4-7-5-11(9(17)6-8(7)16)23-14(25)21-15(2,22-23)13(19)20/h5-6,10,13,22H,3-4H2,1-2H3,(H,21,25). The van der Waals surface area contributed by atoms with E-state index in [0.717, 1.165) is 11.9 Å². The van der Waals surface area contributed by atoms with Gasteiger partial charge in [-0.2, -0.15) is 5.43 Å². The van der Waals surface area contributed by atoms with Crippen LogP contribution in [0.4, 0.5) is 19.3 Å². The normalized spacial score (nSPS) is 21.1. The first-order chi connectivity index (χ1) is 12.1. The van der Waals surface area contributed by atoms with Crippen LogP contribution < -0.4 is 15.8 Å². The number of carbonyl (C=O) groups excluding carboxylic acids is 2. The van der Waals surface area contributed by atoms with Gasteiger partial charge in [-0.05, 0) is 31.5 Å². The van der Waals surface area contributed by atoms with E-state index in [0.29, 0.717) is 5.56 Å². The van der Waals surface area contributed by atoms with E-state index < -0.39 is 29.5 Å². The third-order valence-electron chi connectivity index (χ3n) is 3.65. The number of hydrogen-bond acceptors (Lipinski definition) is 4. The number of hydrogen-bond donors (Lipinski definition) is 2. The summed E-state index contributed by atoms with van der Waals surface area (Å²) in [4.78, 5) is 23.8. The number of urea groups is 1. The molecule has 1 aliphatic rings. The minimum Gasteiger partial charge on any atom is -0.465 e. The molecule has 2 rings (SSSR count). The fraction of sp³-hybridized carbons (Fsp3) is 0.467. The van der Waals surface area contributed by atoms with Crippen LogP contribution in [-0.4, -0.2) is 36.1 Å². The molecule has 0 spiro atoms. The first-order valence-corrected chi connectivity index (χ1v) is 8.75. The molecule has 0 aliphatic carbocycles. The predicted octanol–water partition coefficient (Wildman–Crippen LogP) is 3.72. The molecule has 0 aromatic heterocycles. The molecule has 1 aromatic carbocycles. The van der Waals surface area contributed by atoms with E-state index in [4.69, 9.17) is 39.5 Å². The molecular formula is C15H16Cl3F2N3O3. The highest BCUT2D eigenvalue weighted by atomic mass is 35.5. The van der Waals surface area contributed by atoms with Crippen molar-refractivity contribution in [2.24, 2.45) is 0 Å². The number of ether oxygens (including phenoxy) is 1. The van der Waals surface area contributed by atoms with E-state index in [1.54, 1.807) is 6.92 Å². The maximum absolute atomic E-state index is 13.1. The molecule has 0 saturated carbocycles. The van der Waals surface area contributed by atoms with Crippen molar-refractivity contribution in [3.63, 3.8) is 0 Å². The Morgan fingerprint density at radius 2 is 2.00 bits per heavy atom. The summed E-state index contributed by atoms with van der Waals surface area (Å²) >= 11 is 18.2. The van der Waals surface area contributed by atoms with E-state index in [1.165, 1.54) is 12.1 Å². The predicted molar refractivity (Wildman–Crippen MR) is 95.0 cm³/mol. The molecule has 2 amide bonds. The van der Waals surface area contributed by atoms with Gasteiger partial charge in [-0.25, -0.2) is 18.6 Å². The number of carbonyl (C=O) groups is 2. The highest BCUT2D eigenvalue weighted by Gasteiger charge is 2.46. The maximum Gasteiger partial charge on any atom is 0.338 e. The second-order valence-electron chi connectivity index (χ2n) is 5.70. The van der Waals surface area contributed by atoms with Gasteiger partial charge in [0.1, 0.15) is 5.38 Å². The van der Waals surface area contributed by atoms with Gasteiger partial charge in [0.25, 0.3) is 6.43 Å². The molecule has 2 atom stereocenters. The number of alkyl halides is 3. The third kappa shape index (κ3) is 4.31. The Morgan fingerprint density at radius 1 is 1.35 bits per heavy atom. The lowest BCUT2D eigenvalue weighted by atomic mass is 10.1. The van der Waals surface area contributed by atoms with Crippen LogP contribution in [0.5, 0.6) is 0 Å². The van der Waals surface area contributed by atoms with Crippen molar-refractivity contribution < 1.29 is 23.1 Å². The van der Waals surface area contributed by atoms with Crippen LogP contribution in [0.15, 0.2) is 12.1 Å². The fourth-order valence-electron chi connectivity index (χ4n) is 2.28. The molecule has 1 saturated heterocycles. The van der Waals surface area contributed by atoms with E-state index in [-0.39, 0.29) is 28.8 Å². The maximum atomic E-state index is 13.1. The Balaban J connectivity index is 2.31. The van der Waals surface area contributed by atoms with E-state index in [1.807, 2.05) is 0 Å². The van der Waals surface area contributed by atoms with Crippen molar-refractivity contribution >= 4 is 52.5 Å². The molecule has 1 fully saturated rings. The largest absolute Gasteiger partial charge is 0.465 e. The van der Waals surface area contributed by atoms with Crippen molar-refractivity contribution in [3.8, 4) is 0 Å². The van der Waals surface area contributed by atoms with Crippen molar-refractivity contribution in [2.45, 2.75) is 37.7 Å². The minimum absolute atomic E-state index is 0.00493. The highest BCUT2D eigenvalue weighted by Crippen LogP contribution is 2.34. The van der Waals surface area contributed by atoms with Crippen LogP contribution in [0.3, 0.4) is 0 Å². The molecule has 0 bridgehead atoms. The third-order valence-corrected chi connectivity index (χ3v) is 4.64. The molecule has 1 heterocycles. The topological polar surface area (TPSA) is 70.7 Å². The lowest BCUT2D eigenvalue weighted by Crippen LogP contribution is -2.54. The monoisotopic (exact) mass is 429 g/mol. The van der Waals surface area contributed by atoms with Gasteiger partial charge >= 0.3 is 12.0 Å². The quantitative estimate of drug-likeness (QED) is 0.533. The van der Waals surface area contributed by atoms with Crippen molar-refractivity contribution in [1.82, 2.24) is 10.7 Å². The van der Waals surface area contributed by atoms with Gasteiger partial charge in [0.2, 0.25) is 0 Å². The summed E-state index contributed by atoms with van der Waals surface area (Å²) in [5.74, 6) is -0.621. The second-order valence-corrected chi connectivity index (χ2v) is 7.04. The Labute approximate surface area is 163 Å². The summed E-state index contributed by atoms with van der Waals surface area (Å²) in [6.45, 7) is 2.95.